The molecule has 1 saturated carbocycles. The Labute approximate surface area is 166 Å². The van der Waals surface area contributed by atoms with Crippen molar-refractivity contribution >= 4 is 5.91 Å². The summed E-state index contributed by atoms with van der Waals surface area (Å²) >= 11 is 0. The number of likely N-dealkylation sites (tertiary alicyclic amines) is 1. The molecule has 2 fully saturated rings. The van der Waals surface area contributed by atoms with Crippen LogP contribution >= 0.6 is 0 Å². The first-order chi connectivity index (χ1) is 13.5. The Morgan fingerprint density at radius 1 is 1.04 bits per heavy atom. The number of carbonyl (C=O) groups is 1. The number of carbonyl (C=O) groups excluding carboxylic acids is 1. The van der Waals surface area contributed by atoms with Crippen molar-refractivity contribution in [3.05, 3.63) is 35.7 Å². The van der Waals surface area contributed by atoms with Crippen LogP contribution in [0.2, 0.25) is 0 Å². The lowest BCUT2D eigenvalue weighted by Gasteiger charge is -2.32. The quantitative estimate of drug-likeness (QED) is 0.844. The number of rotatable bonds is 4. The fourth-order valence-corrected chi connectivity index (χ4v) is 4.41. The fourth-order valence-electron chi connectivity index (χ4n) is 4.41. The summed E-state index contributed by atoms with van der Waals surface area (Å²) in [7, 11) is 2.17. The van der Waals surface area contributed by atoms with Crippen LogP contribution in [0.4, 0.5) is 0 Å². The van der Waals surface area contributed by atoms with Gasteiger partial charge in [0.2, 0.25) is 5.91 Å². The average molecular weight is 383 g/mol. The summed E-state index contributed by atoms with van der Waals surface area (Å²) in [6.07, 6.45) is 6.44. The van der Waals surface area contributed by atoms with Gasteiger partial charge in [0.25, 0.3) is 0 Å². The molecule has 0 bridgehead atoms. The molecule has 0 unspecified atom stereocenters. The van der Waals surface area contributed by atoms with Gasteiger partial charge in [0, 0.05) is 23.1 Å². The van der Waals surface area contributed by atoms with Gasteiger partial charge in [0.05, 0.1) is 6.04 Å². The number of hydrogen-bond donors (Lipinski definition) is 2. The molecule has 0 spiro atoms. The molecule has 4 N–H and O–H groups in total. The van der Waals surface area contributed by atoms with Crippen molar-refractivity contribution in [2.75, 3.05) is 20.1 Å². The molecule has 28 heavy (non-hydrogen) atoms. The Morgan fingerprint density at radius 2 is 1.68 bits per heavy atom. The molecule has 1 amide bonds. The van der Waals surface area contributed by atoms with Gasteiger partial charge >= 0.3 is 0 Å². The van der Waals surface area contributed by atoms with Crippen LogP contribution in [0, 0.1) is 0 Å². The summed E-state index contributed by atoms with van der Waals surface area (Å²) in [5.41, 5.74) is 12.9. The first kappa shape index (κ1) is 19.1. The zero-order valence-corrected chi connectivity index (χ0v) is 16.6. The SMILES string of the molecule is CN1CCC(n2nc(-c3ccc(C(N)=O)cc3)nc2C2CCC(N)CC2)CC1. The third-order valence-electron chi connectivity index (χ3n) is 6.26. The Morgan fingerprint density at radius 3 is 2.29 bits per heavy atom. The molecule has 0 atom stereocenters. The third kappa shape index (κ3) is 3.95. The van der Waals surface area contributed by atoms with E-state index in [1.807, 2.05) is 12.1 Å². The monoisotopic (exact) mass is 382 g/mol. The maximum atomic E-state index is 11.3. The molecule has 2 aromatic rings. The minimum absolute atomic E-state index is 0.316. The second-order valence-corrected chi connectivity index (χ2v) is 8.33. The van der Waals surface area contributed by atoms with Crippen LogP contribution in [0.15, 0.2) is 24.3 Å². The molecule has 150 valence electrons. The number of aromatic nitrogens is 3. The van der Waals surface area contributed by atoms with Crippen LogP contribution in [-0.2, 0) is 0 Å². The van der Waals surface area contributed by atoms with Gasteiger partial charge < -0.3 is 16.4 Å². The largest absolute Gasteiger partial charge is 0.366 e. The molecule has 4 rings (SSSR count). The van der Waals surface area contributed by atoms with Crippen molar-refractivity contribution in [1.29, 1.82) is 0 Å². The second-order valence-electron chi connectivity index (χ2n) is 8.33. The highest BCUT2D eigenvalue weighted by Gasteiger charge is 2.29. The highest BCUT2D eigenvalue weighted by Crippen LogP contribution is 2.35. The van der Waals surface area contributed by atoms with E-state index >= 15 is 0 Å². The van der Waals surface area contributed by atoms with Gasteiger partial charge in [-0.2, -0.15) is 5.10 Å². The zero-order chi connectivity index (χ0) is 19.7. The molecule has 1 aromatic heterocycles. The van der Waals surface area contributed by atoms with E-state index in [0.717, 1.165) is 68.8 Å². The van der Waals surface area contributed by atoms with Crippen LogP contribution in [0.25, 0.3) is 11.4 Å². The predicted octanol–water partition coefficient (Wildman–Crippen LogP) is 2.30. The topological polar surface area (TPSA) is 103 Å². The van der Waals surface area contributed by atoms with E-state index in [1.54, 1.807) is 12.1 Å². The van der Waals surface area contributed by atoms with Crippen LogP contribution in [0.3, 0.4) is 0 Å². The number of piperidine rings is 1. The lowest BCUT2D eigenvalue weighted by atomic mass is 9.85. The van der Waals surface area contributed by atoms with Crippen LogP contribution in [0.1, 0.15) is 66.7 Å². The molecule has 1 aliphatic heterocycles. The van der Waals surface area contributed by atoms with Crippen LogP contribution in [0.5, 0.6) is 0 Å². The molecule has 1 aliphatic carbocycles. The highest BCUT2D eigenvalue weighted by atomic mass is 16.1. The van der Waals surface area contributed by atoms with Gasteiger partial charge in [-0.15, -0.1) is 0 Å². The van der Waals surface area contributed by atoms with Crippen molar-refractivity contribution < 1.29 is 4.79 Å². The molecular weight excluding hydrogens is 352 g/mol. The molecule has 1 aromatic carbocycles. The highest BCUT2D eigenvalue weighted by molar-refractivity contribution is 5.93. The van der Waals surface area contributed by atoms with Gasteiger partial charge in [0.15, 0.2) is 5.82 Å². The molecule has 0 radical (unpaired) electrons. The summed E-state index contributed by atoms with van der Waals surface area (Å²) in [5.74, 6) is 1.84. The smallest absolute Gasteiger partial charge is 0.248 e. The van der Waals surface area contributed by atoms with Crippen LogP contribution in [-0.4, -0.2) is 51.8 Å². The van der Waals surface area contributed by atoms with E-state index in [4.69, 9.17) is 21.5 Å². The van der Waals surface area contributed by atoms with Crippen molar-refractivity contribution in [2.45, 2.75) is 56.5 Å². The van der Waals surface area contributed by atoms with E-state index in [1.165, 1.54) is 0 Å². The van der Waals surface area contributed by atoms with Crippen molar-refractivity contribution in [1.82, 2.24) is 19.7 Å². The zero-order valence-electron chi connectivity index (χ0n) is 16.6. The van der Waals surface area contributed by atoms with Gasteiger partial charge in [-0.05, 0) is 70.8 Å². The van der Waals surface area contributed by atoms with Crippen molar-refractivity contribution in [3.63, 3.8) is 0 Å². The van der Waals surface area contributed by atoms with Gasteiger partial charge in [-0.1, -0.05) is 12.1 Å². The molecule has 7 nitrogen and oxygen atoms in total. The average Bonchev–Trinajstić information content (AvgIpc) is 3.14. The van der Waals surface area contributed by atoms with E-state index < -0.39 is 5.91 Å². The van der Waals surface area contributed by atoms with E-state index in [9.17, 15) is 4.79 Å². The molecule has 2 heterocycles. The Kier molecular flexibility index (Phi) is 5.46. The number of nitrogens with two attached hydrogens (primary N) is 2. The van der Waals surface area contributed by atoms with Gasteiger partial charge in [-0.3, -0.25) is 4.79 Å². The first-order valence-electron chi connectivity index (χ1n) is 10.3. The minimum Gasteiger partial charge on any atom is -0.366 e. The van der Waals surface area contributed by atoms with E-state index in [0.29, 0.717) is 23.6 Å². The fraction of sp³-hybridized carbons (Fsp3) is 0.571. The lowest BCUT2D eigenvalue weighted by Crippen LogP contribution is -2.33. The maximum Gasteiger partial charge on any atom is 0.248 e. The summed E-state index contributed by atoms with van der Waals surface area (Å²) in [4.78, 5) is 18.7. The number of nitrogens with zero attached hydrogens (tertiary/aromatic N) is 4. The number of benzene rings is 1. The van der Waals surface area contributed by atoms with Gasteiger partial charge in [0.1, 0.15) is 5.82 Å². The van der Waals surface area contributed by atoms with Gasteiger partial charge in [-0.25, -0.2) is 9.67 Å². The van der Waals surface area contributed by atoms with Crippen molar-refractivity contribution in [2.24, 2.45) is 11.5 Å². The molecular formula is C21H30N6O. The summed E-state index contributed by atoms with van der Waals surface area (Å²) in [5, 5.41) is 4.94. The second kappa shape index (κ2) is 8.01. The minimum atomic E-state index is -0.421. The lowest BCUT2D eigenvalue weighted by molar-refractivity contribution is 0.100. The number of amides is 1. The first-order valence-corrected chi connectivity index (χ1v) is 10.3. The van der Waals surface area contributed by atoms with E-state index in [-0.39, 0.29) is 0 Å². The van der Waals surface area contributed by atoms with E-state index in [2.05, 4.69) is 16.6 Å². The number of primary amides is 1. The maximum absolute atomic E-state index is 11.3. The van der Waals surface area contributed by atoms with Crippen LogP contribution < -0.4 is 11.5 Å². The Balaban J connectivity index is 1.66. The molecule has 1 saturated heterocycles. The summed E-state index contributed by atoms with van der Waals surface area (Å²) in [6.45, 7) is 2.17. The predicted molar refractivity (Wildman–Crippen MR) is 109 cm³/mol. The standard InChI is InChI=1S/C21H30N6O/c1-26-12-10-18(11-13-26)27-21(16-6-8-17(22)9-7-16)24-20(25-27)15-4-2-14(3-5-15)19(23)28/h2-5,16-18H,6-13,22H2,1H3,(H2,23,28). The van der Waals surface area contributed by atoms with Crippen molar-refractivity contribution in [3.8, 4) is 11.4 Å². The normalized spacial score (nSPS) is 24.4. The third-order valence-corrected chi connectivity index (χ3v) is 6.26. The Hall–Kier alpha value is -2.25. The Bertz CT molecular complexity index is 774. The summed E-state index contributed by atoms with van der Waals surface area (Å²) < 4.78 is 2.20. The summed E-state index contributed by atoms with van der Waals surface area (Å²) in [6, 6.07) is 7.97. The number of hydrogen-bond acceptors (Lipinski definition) is 5. The molecule has 2 aliphatic rings. The molecule has 7 heteroatoms.